The number of aromatic nitrogens is 6. The molecule has 0 amide bonds. The van der Waals surface area contributed by atoms with Crippen LogP contribution in [0.2, 0.25) is 0 Å². The van der Waals surface area contributed by atoms with Gasteiger partial charge in [-0.3, -0.25) is 0 Å². The van der Waals surface area contributed by atoms with Crippen molar-refractivity contribution in [1.82, 2.24) is 29.5 Å². The molecule has 4 heterocycles. The molecule has 0 atom stereocenters. The number of hydrogen-bond donors (Lipinski definition) is 2. The second-order valence-corrected chi connectivity index (χ2v) is 7.12. The molecule has 1 aliphatic rings. The van der Waals surface area contributed by atoms with E-state index in [0.29, 0.717) is 24.4 Å². The van der Waals surface area contributed by atoms with E-state index in [1.807, 2.05) is 24.5 Å². The lowest BCUT2D eigenvalue weighted by Crippen LogP contribution is -2.31. The Kier molecular flexibility index (Phi) is 4.55. The van der Waals surface area contributed by atoms with Gasteiger partial charge in [0.1, 0.15) is 5.65 Å². The maximum atomic E-state index is 12.3. The fraction of sp³-hybridized carbons (Fsp3) is 0.368. The van der Waals surface area contributed by atoms with E-state index in [1.54, 1.807) is 16.9 Å². The maximum Gasteiger partial charge on any atom is 0.345 e. The summed E-state index contributed by atoms with van der Waals surface area (Å²) in [5.74, 6) is 0.517. The number of nitrogens with one attached hydrogen (secondary N) is 2. The number of fused-ring (bicyclic) bond motifs is 2. The molecule has 0 spiro atoms. The molecule has 4 aromatic heterocycles. The first kappa shape index (κ1) is 17.9. The van der Waals surface area contributed by atoms with Crippen LogP contribution >= 0.6 is 0 Å². The zero-order valence-electron chi connectivity index (χ0n) is 15.4. The van der Waals surface area contributed by atoms with Crippen LogP contribution in [0.5, 0.6) is 0 Å². The van der Waals surface area contributed by atoms with Crippen LogP contribution in [0.1, 0.15) is 25.7 Å². The van der Waals surface area contributed by atoms with Crippen molar-refractivity contribution in [2.24, 2.45) is 0 Å². The summed E-state index contributed by atoms with van der Waals surface area (Å²) in [7, 11) is 0. The Hall–Kier alpha value is -3.14. The molecule has 1 aliphatic carbocycles. The molecule has 4 aromatic rings. The van der Waals surface area contributed by atoms with Crippen LogP contribution in [0, 0.1) is 0 Å². The predicted molar refractivity (Wildman–Crippen MR) is 103 cm³/mol. The van der Waals surface area contributed by atoms with Crippen molar-refractivity contribution in [2.45, 2.75) is 44.4 Å². The van der Waals surface area contributed by atoms with Gasteiger partial charge in [0, 0.05) is 41.6 Å². The molecule has 29 heavy (non-hydrogen) atoms. The molecule has 0 unspecified atom stereocenters. The number of rotatable bonds is 5. The van der Waals surface area contributed by atoms with Gasteiger partial charge in [0.15, 0.2) is 5.65 Å². The van der Waals surface area contributed by atoms with Gasteiger partial charge < -0.3 is 15.0 Å². The molecule has 1 saturated carbocycles. The topological polar surface area (TPSA) is 93.0 Å². The summed E-state index contributed by atoms with van der Waals surface area (Å²) >= 11 is 0. The number of nitrogens with zero attached hydrogens (tertiary/aromatic N) is 5. The predicted octanol–water partition coefficient (Wildman–Crippen LogP) is 3.63. The van der Waals surface area contributed by atoms with Gasteiger partial charge in [0.2, 0.25) is 5.95 Å². The van der Waals surface area contributed by atoms with E-state index in [1.165, 1.54) is 0 Å². The van der Waals surface area contributed by atoms with E-state index in [9.17, 15) is 8.78 Å². The highest BCUT2D eigenvalue weighted by atomic mass is 19.3. The van der Waals surface area contributed by atoms with E-state index < -0.39 is 6.61 Å². The highest BCUT2D eigenvalue weighted by Gasteiger charge is 2.24. The smallest absolute Gasteiger partial charge is 0.345 e. The molecule has 10 heteroatoms. The van der Waals surface area contributed by atoms with E-state index in [0.717, 1.165) is 35.1 Å². The molecule has 0 bridgehead atoms. The van der Waals surface area contributed by atoms with E-state index >= 15 is 0 Å². The summed E-state index contributed by atoms with van der Waals surface area (Å²) in [4.78, 5) is 16.8. The van der Waals surface area contributed by atoms with Gasteiger partial charge in [-0.2, -0.15) is 18.9 Å². The normalized spacial score (nSPS) is 20.0. The number of anilines is 1. The number of H-pyrrole nitrogens is 1. The number of aromatic amines is 1. The fourth-order valence-electron chi connectivity index (χ4n) is 3.82. The second-order valence-electron chi connectivity index (χ2n) is 7.12. The molecule has 150 valence electrons. The van der Waals surface area contributed by atoms with E-state index in [2.05, 4.69) is 35.1 Å². The second kappa shape index (κ2) is 7.36. The van der Waals surface area contributed by atoms with Gasteiger partial charge in [0.05, 0.1) is 18.0 Å². The van der Waals surface area contributed by atoms with Crippen molar-refractivity contribution in [3.63, 3.8) is 0 Å². The third kappa shape index (κ3) is 3.63. The molecule has 0 saturated heterocycles. The largest absolute Gasteiger partial charge is 0.351 e. The number of ether oxygens (including phenoxy) is 1. The van der Waals surface area contributed by atoms with Crippen LogP contribution in [-0.4, -0.2) is 48.3 Å². The van der Waals surface area contributed by atoms with Crippen LogP contribution in [0.25, 0.3) is 27.9 Å². The van der Waals surface area contributed by atoms with Crippen molar-refractivity contribution in [1.29, 1.82) is 0 Å². The highest BCUT2D eigenvalue weighted by molar-refractivity contribution is 5.92. The third-order valence-electron chi connectivity index (χ3n) is 5.27. The number of halogens is 2. The Labute approximate surface area is 164 Å². The summed E-state index contributed by atoms with van der Waals surface area (Å²) in [5.41, 5.74) is 3.20. The highest BCUT2D eigenvalue weighted by Crippen LogP contribution is 2.28. The Morgan fingerprint density at radius 2 is 2.03 bits per heavy atom. The van der Waals surface area contributed by atoms with Crippen LogP contribution in [0.3, 0.4) is 0 Å². The average molecular weight is 399 g/mol. The lowest BCUT2D eigenvalue weighted by molar-refractivity contribution is -0.169. The Morgan fingerprint density at radius 3 is 2.86 bits per heavy atom. The molecular weight excluding hydrogens is 380 g/mol. The molecule has 0 radical (unpaired) electrons. The van der Waals surface area contributed by atoms with Crippen molar-refractivity contribution in [2.75, 3.05) is 5.32 Å². The monoisotopic (exact) mass is 399 g/mol. The van der Waals surface area contributed by atoms with Crippen LogP contribution in [-0.2, 0) is 4.74 Å². The first-order valence-corrected chi connectivity index (χ1v) is 9.51. The van der Waals surface area contributed by atoms with Crippen LogP contribution in [0.4, 0.5) is 14.7 Å². The molecule has 5 rings (SSSR count). The molecule has 1 fully saturated rings. The van der Waals surface area contributed by atoms with Gasteiger partial charge in [-0.25, -0.2) is 14.5 Å². The summed E-state index contributed by atoms with van der Waals surface area (Å²) in [6, 6.07) is 3.89. The van der Waals surface area contributed by atoms with Gasteiger partial charge in [-0.15, -0.1) is 0 Å². The van der Waals surface area contributed by atoms with Crippen LogP contribution < -0.4 is 5.32 Å². The lowest BCUT2D eigenvalue weighted by Gasteiger charge is -2.28. The SMILES string of the molecule is FC(F)OC1CCC(Nc2ncc3c(-c4ccn5nccc5n4)c[nH]c3n2)CC1. The van der Waals surface area contributed by atoms with Crippen LogP contribution in [0.15, 0.2) is 36.9 Å². The van der Waals surface area contributed by atoms with Crippen molar-refractivity contribution in [3.8, 4) is 11.3 Å². The minimum Gasteiger partial charge on any atom is -0.351 e. The summed E-state index contributed by atoms with van der Waals surface area (Å²) in [6.07, 6.45) is 9.50. The number of hydrogen-bond acceptors (Lipinski definition) is 6. The fourth-order valence-corrected chi connectivity index (χ4v) is 3.82. The average Bonchev–Trinajstić information content (AvgIpc) is 3.35. The van der Waals surface area contributed by atoms with E-state index in [-0.39, 0.29) is 12.1 Å². The van der Waals surface area contributed by atoms with Gasteiger partial charge in [0.25, 0.3) is 0 Å². The summed E-state index contributed by atoms with van der Waals surface area (Å²) in [6.45, 7) is -2.71. The lowest BCUT2D eigenvalue weighted by atomic mass is 9.93. The van der Waals surface area contributed by atoms with Gasteiger partial charge in [-0.1, -0.05) is 0 Å². The van der Waals surface area contributed by atoms with Crippen molar-refractivity contribution >= 4 is 22.6 Å². The first-order valence-electron chi connectivity index (χ1n) is 9.51. The molecule has 0 aliphatic heterocycles. The summed E-state index contributed by atoms with van der Waals surface area (Å²) in [5, 5.41) is 8.34. The Bertz CT molecular complexity index is 1130. The zero-order chi connectivity index (χ0) is 19.8. The summed E-state index contributed by atoms with van der Waals surface area (Å²) < 4.78 is 31.0. The third-order valence-corrected chi connectivity index (χ3v) is 5.27. The van der Waals surface area contributed by atoms with Gasteiger partial charge in [-0.05, 0) is 31.7 Å². The van der Waals surface area contributed by atoms with Crippen molar-refractivity contribution in [3.05, 3.63) is 36.9 Å². The maximum absolute atomic E-state index is 12.3. The standard InChI is InChI=1S/C19H19F2N7O/c20-18(21)29-12-3-1-11(2-4-12)25-19-23-10-14-13(9-22-17(14)27-19)15-6-8-28-16(26-15)5-7-24-28/h5-12,18H,1-4H2,(H2,22,23,25,27). The molecular formula is C19H19F2N7O. The first-order chi connectivity index (χ1) is 14.2. The zero-order valence-corrected chi connectivity index (χ0v) is 15.4. The quantitative estimate of drug-likeness (QED) is 0.532. The number of alkyl halides is 2. The molecule has 8 nitrogen and oxygen atoms in total. The minimum atomic E-state index is -2.71. The Balaban J connectivity index is 1.32. The van der Waals surface area contributed by atoms with E-state index in [4.69, 9.17) is 0 Å². The van der Waals surface area contributed by atoms with Gasteiger partial charge >= 0.3 is 6.61 Å². The molecule has 0 aromatic carbocycles. The van der Waals surface area contributed by atoms with Crippen molar-refractivity contribution < 1.29 is 13.5 Å². The Morgan fingerprint density at radius 1 is 1.17 bits per heavy atom. The minimum absolute atomic E-state index is 0.144. The molecule has 2 N–H and O–H groups in total.